The van der Waals surface area contributed by atoms with Gasteiger partial charge in [-0.05, 0) is 11.5 Å². The third-order valence-electron chi connectivity index (χ3n) is 2.37. The molecule has 3 heteroatoms. The minimum Gasteiger partial charge on any atom is -0.297 e. The molecule has 0 bridgehead atoms. The van der Waals surface area contributed by atoms with E-state index in [1.165, 1.54) is 6.08 Å². The van der Waals surface area contributed by atoms with Gasteiger partial charge in [0.2, 0.25) is 6.08 Å². The summed E-state index contributed by atoms with van der Waals surface area (Å²) in [5.41, 5.74) is 0.944. The molecule has 0 aliphatic heterocycles. The quantitative estimate of drug-likeness (QED) is 0.560. The van der Waals surface area contributed by atoms with Crippen molar-refractivity contribution in [1.82, 2.24) is 0 Å². The van der Waals surface area contributed by atoms with E-state index in [-0.39, 0.29) is 11.7 Å². The van der Waals surface area contributed by atoms with Crippen molar-refractivity contribution >= 4 is 11.9 Å². The minimum absolute atomic E-state index is 0.0256. The van der Waals surface area contributed by atoms with E-state index in [0.717, 1.165) is 5.56 Å². The monoisotopic (exact) mass is 217 g/mol. The Morgan fingerprint density at radius 3 is 2.44 bits per heavy atom. The predicted octanol–water partition coefficient (Wildman–Crippen LogP) is 2.16. The third kappa shape index (κ3) is 3.44. The van der Waals surface area contributed by atoms with E-state index >= 15 is 0 Å². The number of benzene rings is 1. The summed E-state index contributed by atoms with van der Waals surface area (Å²) >= 11 is 0. The Morgan fingerprint density at radius 1 is 1.31 bits per heavy atom. The number of carbonyl (C=O) groups is 1. The number of hydrogen-bond acceptors (Lipinski definition) is 3. The van der Waals surface area contributed by atoms with Crippen molar-refractivity contribution in [3.8, 4) is 0 Å². The van der Waals surface area contributed by atoms with Crippen LogP contribution in [0.4, 0.5) is 0 Å². The highest BCUT2D eigenvalue weighted by molar-refractivity contribution is 5.87. The lowest BCUT2D eigenvalue weighted by molar-refractivity contribution is -0.120. The van der Waals surface area contributed by atoms with Gasteiger partial charge in [0.05, 0.1) is 0 Å². The number of Topliss-reactive ketones (excluding diaryl/α,β-unsaturated/α-hetero) is 1. The molecule has 1 rings (SSSR count). The van der Waals surface area contributed by atoms with Crippen LogP contribution in [0.3, 0.4) is 0 Å². The molecule has 84 valence electrons. The van der Waals surface area contributed by atoms with E-state index in [1.54, 1.807) is 0 Å². The van der Waals surface area contributed by atoms with Crippen molar-refractivity contribution in [2.75, 3.05) is 0 Å². The zero-order valence-corrected chi connectivity index (χ0v) is 9.51. The Morgan fingerprint density at radius 2 is 1.94 bits per heavy atom. The summed E-state index contributed by atoms with van der Waals surface area (Å²) in [7, 11) is 0. The van der Waals surface area contributed by atoms with Crippen molar-refractivity contribution in [3.63, 3.8) is 0 Å². The van der Waals surface area contributed by atoms with Gasteiger partial charge in [0.25, 0.3) is 0 Å². The van der Waals surface area contributed by atoms with E-state index in [2.05, 4.69) is 4.99 Å². The van der Waals surface area contributed by atoms with Gasteiger partial charge in [-0.15, -0.1) is 0 Å². The van der Waals surface area contributed by atoms with Crippen LogP contribution in [0.2, 0.25) is 0 Å². The highest BCUT2D eigenvalue weighted by Crippen LogP contribution is 2.11. The molecule has 0 saturated carbocycles. The van der Waals surface area contributed by atoms with E-state index in [4.69, 9.17) is 0 Å². The van der Waals surface area contributed by atoms with Crippen LogP contribution < -0.4 is 0 Å². The number of nitrogens with zero attached hydrogens (tertiary/aromatic N) is 1. The van der Waals surface area contributed by atoms with Crippen LogP contribution in [0, 0.1) is 5.92 Å². The van der Waals surface area contributed by atoms with Gasteiger partial charge in [-0.25, -0.2) is 4.79 Å². The van der Waals surface area contributed by atoms with Crippen LogP contribution in [-0.4, -0.2) is 17.9 Å². The summed E-state index contributed by atoms with van der Waals surface area (Å²) in [6.45, 7) is 3.74. The van der Waals surface area contributed by atoms with Crippen molar-refractivity contribution < 1.29 is 9.59 Å². The first-order valence-corrected chi connectivity index (χ1v) is 5.28. The Balaban J connectivity index is 2.74. The summed E-state index contributed by atoms with van der Waals surface area (Å²) < 4.78 is 0. The summed E-state index contributed by atoms with van der Waals surface area (Å²) in [6.07, 6.45) is 1.78. The predicted molar refractivity (Wildman–Crippen MR) is 61.9 cm³/mol. The van der Waals surface area contributed by atoms with E-state index in [0.29, 0.717) is 6.42 Å². The van der Waals surface area contributed by atoms with Crippen molar-refractivity contribution in [1.29, 1.82) is 0 Å². The lowest BCUT2D eigenvalue weighted by Gasteiger charge is -2.12. The number of aliphatic imine (C=N–C) groups is 1. The highest BCUT2D eigenvalue weighted by atomic mass is 16.1. The molecule has 0 unspecified atom stereocenters. The second kappa shape index (κ2) is 5.99. The average molecular weight is 217 g/mol. The molecule has 0 amide bonds. The van der Waals surface area contributed by atoms with Gasteiger partial charge in [-0.3, -0.25) is 4.79 Å². The van der Waals surface area contributed by atoms with Crippen LogP contribution in [0.25, 0.3) is 0 Å². The van der Waals surface area contributed by atoms with Crippen LogP contribution in [0.15, 0.2) is 35.3 Å². The fourth-order valence-electron chi connectivity index (χ4n) is 1.55. The molecule has 1 atom stereocenters. The molecule has 0 radical (unpaired) electrons. The minimum atomic E-state index is -0.572. The number of isocyanates is 1. The van der Waals surface area contributed by atoms with Gasteiger partial charge in [0.15, 0.2) is 5.78 Å². The summed E-state index contributed by atoms with van der Waals surface area (Å²) in [5, 5.41) is 0. The first-order valence-electron chi connectivity index (χ1n) is 5.28. The third-order valence-corrected chi connectivity index (χ3v) is 2.37. The molecular weight excluding hydrogens is 202 g/mol. The first-order chi connectivity index (χ1) is 7.65. The van der Waals surface area contributed by atoms with Crippen LogP contribution in [0.1, 0.15) is 19.4 Å². The topological polar surface area (TPSA) is 46.5 Å². The molecular formula is C13H15NO2. The van der Waals surface area contributed by atoms with Gasteiger partial charge >= 0.3 is 0 Å². The largest absolute Gasteiger partial charge is 0.297 e. The Bertz CT molecular complexity index is 392. The van der Waals surface area contributed by atoms with Gasteiger partial charge in [0, 0.05) is 6.42 Å². The number of rotatable bonds is 5. The van der Waals surface area contributed by atoms with Gasteiger partial charge in [-0.2, -0.15) is 4.99 Å². The maximum Gasteiger partial charge on any atom is 0.235 e. The lowest BCUT2D eigenvalue weighted by atomic mass is 9.96. The van der Waals surface area contributed by atoms with Crippen molar-refractivity contribution in [2.24, 2.45) is 10.9 Å². The molecule has 0 saturated heterocycles. The zero-order chi connectivity index (χ0) is 12.0. The smallest absolute Gasteiger partial charge is 0.235 e. The Hall–Kier alpha value is -1.73. The maximum atomic E-state index is 11.9. The van der Waals surface area contributed by atoms with Crippen LogP contribution >= 0.6 is 0 Å². The molecule has 0 fully saturated rings. The molecule has 1 aromatic carbocycles. The Labute approximate surface area is 95.2 Å². The van der Waals surface area contributed by atoms with Gasteiger partial charge in [0.1, 0.15) is 6.04 Å². The van der Waals surface area contributed by atoms with Crippen LogP contribution in [-0.2, 0) is 16.0 Å². The number of hydrogen-bond donors (Lipinski definition) is 0. The Kier molecular flexibility index (Phi) is 4.62. The molecule has 0 aliphatic carbocycles. The fraction of sp³-hybridized carbons (Fsp3) is 0.385. The summed E-state index contributed by atoms with van der Waals surface area (Å²) in [5.74, 6) is -0.0118. The molecule has 0 heterocycles. The normalized spacial score (nSPS) is 11.9. The molecule has 0 aliphatic rings. The second-order valence-electron chi connectivity index (χ2n) is 4.04. The molecule has 0 spiro atoms. The molecule has 3 nitrogen and oxygen atoms in total. The number of carbonyl (C=O) groups excluding carboxylic acids is 2. The van der Waals surface area contributed by atoms with Gasteiger partial charge in [-0.1, -0.05) is 44.2 Å². The summed E-state index contributed by atoms with van der Waals surface area (Å²) in [4.78, 5) is 25.7. The van der Waals surface area contributed by atoms with E-state index < -0.39 is 6.04 Å². The highest BCUT2D eigenvalue weighted by Gasteiger charge is 2.21. The molecule has 1 aromatic rings. The zero-order valence-electron chi connectivity index (χ0n) is 9.51. The second-order valence-corrected chi connectivity index (χ2v) is 4.04. The van der Waals surface area contributed by atoms with Crippen molar-refractivity contribution in [2.45, 2.75) is 26.3 Å². The standard InChI is InChI=1S/C13H15NO2/c1-10(2)13(14-9-15)12(16)8-11-6-4-3-5-7-11/h3-7,10,13H,8H2,1-2H3/t13-/m0/s1. The molecule has 0 N–H and O–H groups in total. The van der Waals surface area contributed by atoms with E-state index in [9.17, 15) is 9.59 Å². The summed E-state index contributed by atoms with van der Waals surface area (Å²) in [6, 6.07) is 8.88. The van der Waals surface area contributed by atoms with Crippen LogP contribution in [0.5, 0.6) is 0 Å². The molecule has 16 heavy (non-hydrogen) atoms. The number of ketones is 1. The van der Waals surface area contributed by atoms with Gasteiger partial charge < -0.3 is 0 Å². The van der Waals surface area contributed by atoms with Crippen molar-refractivity contribution in [3.05, 3.63) is 35.9 Å². The maximum absolute atomic E-state index is 11.9. The first kappa shape index (κ1) is 12.3. The average Bonchev–Trinajstić information content (AvgIpc) is 2.26. The SMILES string of the molecule is CC(C)[C@H](N=C=O)C(=O)Cc1ccccc1. The molecule has 0 aromatic heterocycles. The lowest BCUT2D eigenvalue weighted by Crippen LogP contribution is -2.26. The fourth-order valence-corrected chi connectivity index (χ4v) is 1.55. The van der Waals surface area contributed by atoms with E-state index in [1.807, 2.05) is 44.2 Å².